The topological polar surface area (TPSA) is 66.0 Å². The molecule has 24 heavy (non-hydrogen) atoms. The van der Waals surface area contributed by atoms with Crippen molar-refractivity contribution in [3.05, 3.63) is 42.2 Å². The second-order valence-electron chi connectivity index (χ2n) is 5.71. The molecule has 1 aromatic carbocycles. The SMILES string of the molecule is N=C(/C(=C\N)c1ccc2nccc(N3CCCC3)c2c1)C(F)(F)F. The van der Waals surface area contributed by atoms with Crippen molar-refractivity contribution in [2.45, 2.75) is 19.0 Å². The minimum atomic E-state index is -4.74. The Labute approximate surface area is 137 Å². The highest BCUT2D eigenvalue weighted by Gasteiger charge is 2.37. The van der Waals surface area contributed by atoms with Gasteiger partial charge < -0.3 is 10.6 Å². The molecule has 4 nitrogen and oxygen atoms in total. The van der Waals surface area contributed by atoms with Crippen LogP contribution in [0.25, 0.3) is 16.5 Å². The molecule has 0 saturated carbocycles. The molecule has 2 aromatic rings. The first-order chi connectivity index (χ1) is 11.4. The molecule has 0 aliphatic carbocycles. The fourth-order valence-electron chi connectivity index (χ4n) is 3.01. The largest absolute Gasteiger partial charge is 0.433 e. The zero-order chi connectivity index (χ0) is 17.3. The molecule has 3 rings (SSSR count). The molecule has 1 fully saturated rings. The quantitative estimate of drug-likeness (QED) is 0.841. The predicted octanol–water partition coefficient (Wildman–Crippen LogP) is 3.72. The highest BCUT2D eigenvalue weighted by atomic mass is 19.4. The Hall–Kier alpha value is -2.57. The van der Waals surface area contributed by atoms with Crippen molar-refractivity contribution in [2.75, 3.05) is 18.0 Å². The number of nitrogens with zero attached hydrogens (tertiary/aromatic N) is 2. The summed E-state index contributed by atoms with van der Waals surface area (Å²) in [7, 11) is 0. The minimum Gasteiger partial charge on any atom is -0.404 e. The second-order valence-corrected chi connectivity index (χ2v) is 5.71. The number of nitrogens with two attached hydrogens (primary N) is 1. The van der Waals surface area contributed by atoms with E-state index in [1.54, 1.807) is 18.3 Å². The lowest BCUT2D eigenvalue weighted by atomic mass is 9.99. The Morgan fingerprint density at radius 2 is 1.92 bits per heavy atom. The van der Waals surface area contributed by atoms with Crippen molar-refractivity contribution in [1.82, 2.24) is 4.98 Å². The summed E-state index contributed by atoms with van der Waals surface area (Å²) >= 11 is 0. The normalized spacial score (nSPS) is 16.0. The van der Waals surface area contributed by atoms with Crippen LogP contribution in [-0.4, -0.2) is 30.0 Å². The zero-order valence-corrected chi connectivity index (χ0v) is 12.9. The molecule has 0 radical (unpaired) electrons. The Kier molecular flexibility index (Phi) is 4.17. The van der Waals surface area contributed by atoms with Gasteiger partial charge in [0.1, 0.15) is 5.71 Å². The van der Waals surface area contributed by atoms with Gasteiger partial charge in [-0.1, -0.05) is 6.07 Å². The number of hydrogen-bond donors (Lipinski definition) is 2. The fraction of sp³-hybridized carbons (Fsp3) is 0.294. The number of hydrogen-bond acceptors (Lipinski definition) is 4. The summed E-state index contributed by atoms with van der Waals surface area (Å²) in [6.07, 6.45) is -0.0186. The van der Waals surface area contributed by atoms with Crippen LogP contribution in [0.2, 0.25) is 0 Å². The first-order valence-corrected chi connectivity index (χ1v) is 7.64. The van der Waals surface area contributed by atoms with Crippen LogP contribution in [0.15, 0.2) is 36.7 Å². The van der Waals surface area contributed by atoms with E-state index in [0.29, 0.717) is 5.52 Å². The van der Waals surface area contributed by atoms with E-state index in [9.17, 15) is 13.2 Å². The number of nitrogens with one attached hydrogen (secondary N) is 1. The zero-order valence-electron chi connectivity index (χ0n) is 12.9. The van der Waals surface area contributed by atoms with E-state index in [1.807, 2.05) is 6.07 Å². The van der Waals surface area contributed by atoms with Crippen LogP contribution in [-0.2, 0) is 0 Å². The van der Waals surface area contributed by atoms with Gasteiger partial charge in [-0.25, -0.2) is 0 Å². The van der Waals surface area contributed by atoms with Gasteiger partial charge in [0.15, 0.2) is 0 Å². The maximum Gasteiger partial charge on any atom is 0.433 e. The summed E-state index contributed by atoms with van der Waals surface area (Å²) in [5.41, 5.74) is 5.52. The monoisotopic (exact) mass is 334 g/mol. The molecule has 0 atom stereocenters. The highest BCUT2D eigenvalue weighted by molar-refractivity contribution is 6.25. The van der Waals surface area contributed by atoms with E-state index >= 15 is 0 Å². The average molecular weight is 334 g/mol. The fourth-order valence-corrected chi connectivity index (χ4v) is 3.01. The van der Waals surface area contributed by atoms with Gasteiger partial charge in [-0.2, -0.15) is 13.2 Å². The van der Waals surface area contributed by atoms with Crippen molar-refractivity contribution >= 4 is 27.9 Å². The predicted molar refractivity (Wildman–Crippen MR) is 89.1 cm³/mol. The third kappa shape index (κ3) is 2.93. The lowest BCUT2D eigenvalue weighted by Crippen LogP contribution is -2.23. The number of rotatable bonds is 3. The molecule has 0 unspecified atom stereocenters. The van der Waals surface area contributed by atoms with Crippen molar-refractivity contribution in [3.63, 3.8) is 0 Å². The summed E-state index contributed by atoms with van der Waals surface area (Å²) in [5.74, 6) is 0. The molecule has 1 saturated heterocycles. The van der Waals surface area contributed by atoms with Crippen LogP contribution < -0.4 is 10.6 Å². The number of fused-ring (bicyclic) bond motifs is 1. The molecular formula is C17H17F3N4. The molecule has 126 valence electrons. The lowest BCUT2D eigenvalue weighted by molar-refractivity contribution is -0.0578. The van der Waals surface area contributed by atoms with Crippen molar-refractivity contribution in [2.24, 2.45) is 5.73 Å². The first kappa shape index (κ1) is 16.3. The molecule has 7 heteroatoms. The van der Waals surface area contributed by atoms with Gasteiger partial charge in [0, 0.05) is 42.1 Å². The third-order valence-electron chi connectivity index (χ3n) is 4.20. The number of alkyl halides is 3. The van der Waals surface area contributed by atoms with Crippen LogP contribution in [0.3, 0.4) is 0 Å². The first-order valence-electron chi connectivity index (χ1n) is 7.64. The van der Waals surface area contributed by atoms with Crippen LogP contribution >= 0.6 is 0 Å². The maximum atomic E-state index is 12.9. The van der Waals surface area contributed by atoms with Gasteiger partial charge in [0.05, 0.1) is 5.52 Å². The van der Waals surface area contributed by atoms with E-state index < -0.39 is 11.9 Å². The van der Waals surface area contributed by atoms with Gasteiger partial charge >= 0.3 is 6.18 Å². The second kappa shape index (κ2) is 6.14. The molecule has 3 N–H and O–H groups in total. The van der Waals surface area contributed by atoms with Gasteiger partial charge in [0.25, 0.3) is 0 Å². The summed E-state index contributed by atoms with van der Waals surface area (Å²) in [4.78, 5) is 6.48. The highest BCUT2D eigenvalue weighted by Crippen LogP contribution is 2.32. The van der Waals surface area contributed by atoms with E-state index in [0.717, 1.165) is 43.2 Å². The summed E-state index contributed by atoms with van der Waals surface area (Å²) in [6.45, 7) is 1.84. The molecule has 1 aliphatic rings. The standard InChI is InChI=1S/C17H17F3N4/c18-17(19,20)16(22)13(10-21)11-3-4-14-12(9-11)15(5-6-23-14)24-7-1-2-8-24/h3-6,9-10,22H,1-2,7-8,21H2/b13-10-,22-16?. The van der Waals surface area contributed by atoms with E-state index in [4.69, 9.17) is 11.1 Å². The van der Waals surface area contributed by atoms with Gasteiger partial charge in [-0.3, -0.25) is 10.4 Å². The molecule has 0 amide bonds. The smallest absolute Gasteiger partial charge is 0.404 e. The molecule has 1 aliphatic heterocycles. The average Bonchev–Trinajstić information content (AvgIpc) is 3.08. The molecule has 2 heterocycles. The number of allylic oxidation sites excluding steroid dienone is 1. The minimum absolute atomic E-state index is 0.265. The third-order valence-corrected chi connectivity index (χ3v) is 4.20. The van der Waals surface area contributed by atoms with Crippen LogP contribution in [0.1, 0.15) is 18.4 Å². The maximum absolute atomic E-state index is 12.9. The molecular weight excluding hydrogens is 317 g/mol. The van der Waals surface area contributed by atoms with Gasteiger partial charge in [0.2, 0.25) is 0 Å². The van der Waals surface area contributed by atoms with Crippen molar-refractivity contribution in [1.29, 1.82) is 5.41 Å². The van der Waals surface area contributed by atoms with E-state index in [-0.39, 0.29) is 11.1 Å². The van der Waals surface area contributed by atoms with Gasteiger partial charge in [-0.05, 0) is 36.6 Å². The van der Waals surface area contributed by atoms with Crippen LogP contribution in [0.5, 0.6) is 0 Å². The molecule has 0 spiro atoms. The number of benzene rings is 1. The molecule has 0 bridgehead atoms. The summed E-state index contributed by atoms with van der Waals surface area (Å²) < 4.78 is 38.6. The van der Waals surface area contributed by atoms with Crippen molar-refractivity contribution in [3.8, 4) is 0 Å². The number of pyridine rings is 1. The Morgan fingerprint density at radius 1 is 1.21 bits per heavy atom. The van der Waals surface area contributed by atoms with Crippen molar-refractivity contribution < 1.29 is 13.2 Å². The van der Waals surface area contributed by atoms with E-state index in [2.05, 4.69) is 9.88 Å². The number of anilines is 1. The van der Waals surface area contributed by atoms with Crippen LogP contribution in [0.4, 0.5) is 18.9 Å². The van der Waals surface area contributed by atoms with Gasteiger partial charge in [-0.15, -0.1) is 0 Å². The lowest BCUT2D eigenvalue weighted by Gasteiger charge is -2.20. The Balaban J connectivity index is 2.10. The Morgan fingerprint density at radius 3 is 2.54 bits per heavy atom. The molecule has 1 aromatic heterocycles. The van der Waals surface area contributed by atoms with Crippen LogP contribution in [0, 0.1) is 5.41 Å². The Bertz CT molecular complexity index is 805. The van der Waals surface area contributed by atoms with E-state index in [1.165, 1.54) is 6.07 Å². The summed E-state index contributed by atoms with van der Waals surface area (Å²) in [6, 6.07) is 6.69. The number of halogens is 3. The summed E-state index contributed by atoms with van der Waals surface area (Å²) in [5, 5.41) is 8.13. The number of aromatic nitrogens is 1.